The van der Waals surface area contributed by atoms with E-state index < -0.39 is 7.12 Å². The van der Waals surface area contributed by atoms with Crippen molar-refractivity contribution in [3.8, 4) is 0 Å². The molecule has 0 atom stereocenters. The number of benzene rings is 1. The first-order valence-electron chi connectivity index (χ1n) is 6.24. The van der Waals surface area contributed by atoms with Crippen molar-refractivity contribution >= 4 is 12.6 Å². The van der Waals surface area contributed by atoms with Crippen LogP contribution in [0.4, 0.5) is 0 Å². The average Bonchev–Trinajstić information content (AvgIpc) is 2.28. The number of rotatable bonds is 6. The van der Waals surface area contributed by atoms with Crippen LogP contribution in [-0.4, -0.2) is 34.7 Å². The largest absolute Gasteiger partial charge is 0.488 e. The van der Waals surface area contributed by atoms with E-state index >= 15 is 0 Å². The Bertz CT molecular complexity index is 342. The van der Waals surface area contributed by atoms with Crippen LogP contribution in [0.15, 0.2) is 24.3 Å². The zero-order valence-electron chi connectivity index (χ0n) is 10.9. The van der Waals surface area contributed by atoms with Gasteiger partial charge in [0.2, 0.25) is 0 Å². The molecule has 0 aromatic heterocycles. The van der Waals surface area contributed by atoms with E-state index in [2.05, 4.69) is 25.7 Å². The summed E-state index contributed by atoms with van der Waals surface area (Å²) in [6.07, 6.45) is 1.10. The lowest BCUT2D eigenvalue weighted by Crippen LogP contribution is -2.38. The summed E-state index contributed by atoms with van der Waals surface area (Å²) in [6.45, 7) is 8.26. The third kappa shape index (κ3) is 4.15. The van der Waals surface area contributed by atoms with Gasteiger partial charge in [-0.25, -0.2) is 0 Å². The molecule has 1 aromatic carbocycles. The molecule has 0 saturated carbocycles. The zero-order chi connectivity index (χ0) is 12.8. The van der Waals surface area contributed by atoms with Crippen molar-refractivity contribution in [3.63, 3.8) is 0 Å². The summed E-state index contributed by atoms with van der Waals surface area (Å²) in [5.74, 6) is 0. The van der Waals surface area contributed by atoms with Crippen molar-refractivity contribution in [2.24, 2.45) is 0 Å². The Morgan fingerprint density at radius 3 is 2.41 bits per heavy atom. The molecular formula is C13H22BNO2. The number of nitrogens with zero attached hydrogens (tertiary/aromatic N) is 1. The smallest absolute Gasteiger partial charge is 0.423 e. The van der Waals surface area contributed by atoms with Crippen LogP contribution < -0.4 is 5.46 Å². The molecule has 17 heavy (non-hydrogen) atoms. The van der Waals surface area contributed by atoms with E-state index in [1.807, 2.05) is 18.2 Å². The fourth-order valence-electron chi connectivity index (χ4n) is 1.96. The van der Waals surface area contributed by atoms with Gasteiger partial charge in [0.1, 0.15) is 0 Å². The lowest BCUT2D eigenvalue weighted by atomic mass is 9.77. The van der Waals surface area contributed by atoms with Gasteiger partial charge in [0, 0.05) is 12.6 Å². The molecule has 94 valence electrons. The quantitative estimate of drug-likeness (QED) is 0.722. The Hall–Kier alpha value is -0.835. The predicted molar refractivity (Wildman–Crippen MR) is 72.1 cm³/mol. The minimum atomic E-state index is -1.39. The molecule has 0 heterocycles. The molecule has 1 aromatic rings. The van der Waals surface area contributed by atoms with E-state index in [1.165, 1.54) is 0 Å². The third-order valence-corrected chi connectivity index (χ3v) is 2.95. The Kier molecular flexibility index (Phi) is 5.68. The summed E-state index contributed by atoms with van der Waals surface area (Å²) in [6, 6.07) is 7.95. The normalized spacial score (nSPS) is 11.2. The molecule has 0 aliphatic carbocycles. The lowest BCUT2D eigenvalue weighted by molar-refractivity contribution is 0.213. The summed E-state index contributed by atoms with van der Waals surface area (Å²) in [5.41, 5.74) is 1.60. The van der Waals surface area contributed by atoms with Crippen molar-refractivity contribution in [3.05, 3.63) is 29.8 Å². The lowest BCUT2D eigenvalue weighted by Gasteiger charge is -2.27. The zero-order valence-corrected chi connectivity index (χ0v) is 10.9. The van der Waals surface area contributed by atoms with Crippen LogP contribution in [0.25, 0.3) is 0 Å². The Balaban J connectivity index is 2.85. The van der Waals surface area contributed by atoms with Crippen molar-refractivity contribution in [1.29, 1.82) is 0 Å². The highest BCUT2D eigenvalue weighted by Gasteiger charge is 2.17. The average molecular weight is 235 g/mol. The van der Waals surface area contributed by atoms with Crippen LogP contribution in [0.1, 0.15) is 32.8 Å². The molecule has 3 nitrogen and oxygen atoms in total. The van der Waals surface area contributed by atoms with E-state index in [-0.39, 0.29) is 0 Å². The minimum Gasteiger partial charge on any atom is -0.423 e. The Morgan fingerprint density at radius 1 is 1.24 bits per heavy atom. The van der Waals surface area contributed by atoms with Crippen LogP contribution in [0.2, 0.25) is 0 Å². The van der Waals surface area contributed by atoms with Crippen LogP contribution in [0, 0.1) is 0 Å². The van der Waals surface area contributed by atoms with Gasteiger partial charge in [-0.3, -0.25) is 4.90 Å². The summed E-state index contributed by atoms with van der Waals surface area (Å²) in [7, 11) is -1.39. The van der Waals surface area contributed by atoms with Crippen LogP contribution in [0.3, 0.4) is 0 Å². The van der Waals surface area contributed by atoms with Gasteiger partial charge in [0.05, 0.1) is 0 Å². The van der Waals surface area contributed by atoms with Crippen LogP contribution in [0.5, 0.6) is 0 Å². The second-order valence-corrected chi connectivity index (χ2v) is 4.64. The van der Waals surface area contributed by atoms with E-state index in [9.17, 15) is 10.0 Å². The highest BCUT2D eigenvalue weighted by Crippen LogP contribution is 2.07. The first-order valence-corrected chi connectivity index (χ1v) is 6.24. The standard InChI is InChI=1S/C13H22BNO2/c1-4-9-15(11(2)3)10-12-7-5-6-8-13(12)14(16)17/h5-8,11,16-17H,4,9-10H2,1-3H3. The maximum Gasteiger partial charge on any atom is 0.488 e. The number of hydrogen-bond acceptors (Lipinski definition) is 3. The molecule has 0 spiro atoms. The molecule has 2 N–H and O–H groups in total. The monoisotopic (exact) mass is 235 g/mol. The van der Waals surface area contributed by atoms with Crippen molar-refractivity contribution in [1.82, 2.24) is 4.90 Å². The Labute approximate surface area is 104 Å². The van der Waals surface area contributed by atoms with E-state index in [4.69, 9.17) is 0 Å². The summed E-state index contributed by atoms with van der Waals surface area (Å²) in [5, 5.41) is 18.6. The molecule has 0 aliphatic rings. The third-order valence-electron chi connectivity index (χ3n) is 2.95. The molecule has 0 saturated heterocycles. The van der Waals surface area contributed by atoms with Crippen LogP contribution in [-0.2, 0) is 6.54 Å². The summed E-state index contributed by atoms with van der Waals surface area (Å²) in [4.78, 5) is 2.33. The van der Waals surface area contributed by atoms with Gasteiger partial charge in [-0.05, 0) is 37.8 Å². The summed E-state index contributed by atoms with van der Waals surface area (Å²) >= 11 is 0. The van der Waals surface area contributed by atoms with Crippen molar-refractivity contribution in [2.75, 3.05) is 6.54 Å². The van der Waals surface area contributed by atoms with E-state index in [1.54, 1.807) is 6.07 Å². The van der Waals surface area contributed by atoms with Gasteiger partial charge >= 0.3 is 7.12 Å². The molecule has 4 heteroatoms. The molecule has 0 aliphatic heterocycles. The van der Waals surface area contributed by atoms with Crippen molar-refractivity contribution in [2.45, 2.75) is 39.8 Å². The maximum atomic E-state index is 9.32. The van der Waals surface area contributed by atoms with E-state index in [0.717, 1.165) is 25.1 Å². The Morgan fingerprint density at radius 2 is 1.88 bits per heavy atom. The SMILES string of the molecule is CCCN(Cc1ccccc1B(O)O)C(C)C. The fraction of sp³-hybridized carbons (Fsp3) is 0.538. The predicted octanol–water partition coefficient (Wildman–Crippen LogP) is 0.987. The highest BCUT2D eigenvalue weighted by molar-refractivity contribution is 6.59. The van der Waals surface area contributed by atoms with Gasteiger partial charge in [-0.1, -0.05) is 31.2 Å². The molecule has 0 unspecified atom stereocenters. The van der Waals surface area contributed by atoms with Gasteiger partial charge < -0.3 is 10.0 Å². The molecule has 0 amide bonds. The second-order valence-electron chi connectivity index (χ2n) is 4.64. The topological polar surface area (TPSA) is 43.7 Å². The molecule has 0 bridgehead atoms. The number of hydrogen-bond donors (Lipinski definition) is 2. The molecule has 1 rings (SSSR count). The molecule has 0 fully saturated rings. The first kappa shape index (κ1) is 14.2. The van der Waals surface area contributed by atoms with Gasteiger partial charge in [-0.2, -0.15) is 0 Å². The minimum absolute atomic E-state index is 0.457. The highest BCUT2D eigenvalue weighted by atomic mass is 16.4. The van der Waals surface area contributed by atoms with Crippen LogP contribution >= 0.6 is 0 Å². The molecule has 0 radical (unpaired) electrons. The van der Waals surface area contributed by atoms with Gasteiger partial charge in [0.25, 0.3) is 0 Å². The summed E-state index contributed by atoms with van der Waals surface area (Å²) < 4.78 is 0. The first-order chi connectivity index (χ1) is 8.06. The van der Waals surface area contributed by atoms with Crippen molar-refractivity contribution < 1.29 is 10.0 Å². The van der Waals surface area contributed by atoms with Gasteiger partial charge in [-0.15, -0.1) is 0 Å². The second kappa shape index (κ2) is 6.79. The fourth-order valence-corrected chi connectivity index (χ4v) is 1.96. The molecular weight excluding hydrogens is 213 g/mol. The van der Waals surface area contributed by atoms with E-state index in [0.29, 0.717) is 11.5 Å². The maximum absolute atomic E-state index is 9.32. The van der Waals surface area contributed by atoms with Gasteiger partial charge in [0.15, 0.2) is 0 Å².